The number of aryl methyl sites for hydroxylation is 2. The highest BCUT2D eigenvalue weighted by atomic mass is 16.5. The number of para-hydroxylation sites is 2. The van der Waals surface area contributed by atoms with Crippen LogP contribution in [-0.4, -0.2) is 29.1 Å². The van der Waals surface area contributed by atoms with Crippen LogP contribution in [-0.2, 0) is 13.0 Å². The SMILES string of the molecule is CCn1c(CCCNC(=O)c2ccc(OC)cc2)nc2ccccc21. The van der Waals surface area contributed by atoms with Gasteiger partial charge < -0.3 is 14.6 Å². The number of fused-ring (bicyclic) bond motifs is 1. The van der Waals surface area contributed by atoms with Crippen LogP contribution in [0.3, 0.4) is 0 Å². The number of methoxy groups -OCH3 is 1. The van der Waals surface area contributed by atoms with Crippen molar-refractivity contribution < 1.29 is 9.53 Å². The molecular weight excluding hydrogens is 314 g/mol. The molecule has 3 rings (SSSR count). The van der Waals surface area contributed by atoms with Crippen LogP contribution >= 0.6 is 0 Å². The third-order valence-corrected chi connectivity index (χ3v) is 4.26. The quantitative estimate of drug-likeness (QED) is 0.672. The second kappa shape index (κ2) is 7.83. The molecule has 3 aromatic rings. The maximum atomic E-state index is 12.1. The van der Waals surface area contributed by atoms with Crippen LogP contribution in [0, 0.1) is 0 Å². The Labute approximate surface area is 147 Å². The number of rotatable bonds is 7. The smallest absolute Gasteiger partial charge is 0.251 e. The van der Waals surface area contributed by atoms with Crippen molar-refractivity contribution in [1.29, 1.82) is 0 Å². The van der Waals surface area contributed by atoms with Crippen molar-refractivity contribution in [2.45, 2.75) is 26.3 Å². The van der Waals surface area contributed by atoms with Crippen LogP contribution in [0.1, 0.15) is 29.5 Å². The number of carbonyl (C=O) groups is 1. The molecule has 0 saturated heterocycles. The second-order valence-corrected chi connectivity index (χ2v) is 5.85. The fraction of sp³-hybridized carbons (Fsp3) is 0.300. The topological polar surface area (TPSA) is 56.2 Å². The zero-order chi connectivity index (χ0) is 17.6. The number of hydrogen-bond donors (Lipinski definition) is 1. The lowest BCUT2D eigenvalue weighted by atomic mass is 10.2. The van der Waals surface area contributed by atoms with Gasteiger partial charge in [-0.1, -0.05) is 12.1 Å². The predicted molar refractivity (Wildman–Crippen MR) is 99.1 cm³/mol. The molecule has 1 heterocycles. The van der Waals surface area contributed by atoms with E-state index in [0.717, 1.165) is 36.5 Å². The highest BCUT2D eigenvalue weighted by Gasteiger charge is 2.09. The van der Waals surface area contributed by atoms with Crippen LogP contribution in [0.5, 0.6) is 5.75 Å². The summed E-state index contributed by atoms with van der Waals surface area (Å²) in [4.78, 5) is 16.9. The van der Waals surface area contributed by atoms with Gasteiger partial charge in [-0.3, -0.25) is 4.79 Å². The molecule has 0 aliphatic heterocycles. The summed E-state index contributed by atoms with van der Waals surface area (Å²) < 4.78 is 7.34. The summed E-state index contributed by atoms with van der Waals surface area (Å²) in [6.45, 7) is 3.65. The Hall–Kier alpha value is -2.82. The molecular formula is C20H23N3O2. The lowest BCUT2D eigenvalue weighted by Crippen LogP contribution is -2.24. The molecule has 1 N–H and O–H groups in total. The fourth-order valence-electron chi connectivity index (χ4n) is 2.96. The summed E-state index contributed by atoms with van der Waals surface area (Å²) in [6.07, 6.45) is 1.69. The van der Waals surface area contributed by atoms with E-state index in [0.29, 0.717) is 12.1 Å². The summed E-state index contributed by atoms with van der Waals surface area (Å²) in [5.41, 5.74) is 2.84. The van der Waals surface area contributed by atoms with Gasteiger partial charge in [0.25, 0.3) is 5.91 Å². The largest absolute Gasteiger partial charge is 0.497 e. The average Bonchev–Trinajstić information content (AvgIpc) is 3.02. The van der Waals surface area contributed by atoms with E-state index in [1.54, 1.807) is 31.4 Å². The Morgan fingerprint density at radius 3 is 2.64 bits per heavy atom. The summed E-state index contributed by atoms with van der Waals surface area (Å²) >= 11 is 0. The minimum Gasteiger partial charge on any atom is -0.497 e. The molecule has 2 aromatic carbocycles. The molecule has 130 valence electrons. The number of benzene rings is 2. The van der Waals surface area contributed by atoms with Gasteiger partial charge in [0.2, 0.25) is 0 Å². The molecule has 0 fully saturated rings. The van der Waals surface area contributed by atoms with Crippen molar-refractivity contribution in [2.24, 2.45) is 0 Å². The first kappa shape index (κ1) is 17.0. The van der Waals surface area contributed by atoms with Crippen LogP contribution in [0.4, 0.5) is 0 Å². The van der Waals surface area contributed by atoms with E-state index in [-0.39, 0.29) is 5.91 Å². The molecule has 5 nitrogen and oxygen atoms in total. The number of aromatic nitrogens is 2. The summed E-state index contributed by atoms with van der Waals surface area (Å²) in [7, 11) is 1.61. The van der Waals surface area contributed by atoms with Gasteiger partial charge in [-0.2, -0.15) is 0 Å². The first-order chi connectivity index (χ1) is 12.2. The first-order valence-electron chi connectivity index (χ1n) is 8.59. The third-order valence-electron chi connectivity index (χ3n) is 4.26. The van der Waals surface area contributed by atoms with Gasteiger partial charge in [0, 0.05) is 25.1 Å². The number of nitrogens with one attached hydrogen (secondary N) is 1. The van der Waals surface area contributed by atoms with Gasteiger partial charge in [-0.25, -0.2) is 4.98 Å². The van der Waals surface area contributed by atoms with E-state index >= 15 is 0 Å². The normalized spacial score (nSPS) is 10.8. The monoisotopic (exact) mass is 337 g/mol. The van der Waals surface area contributed by atoms with Gasteiger partial charge in [0.05, 0.1) is 18.1 Å². The van der Waals surface area contributed by atoms with Crippen molar-refractivity contribution in [3.8, 4) is 5.75 Å². The molecule has 1 amide bonds. The lowest BCUT2D eigenvalue weighted by molar-refractivity contribution is 0.0953. The molecule has 1 aromatic heterocycles. The van der Waals surface area contributed by atoms with E-state index in [1.165, 1.54) is 5.52 Å². The number of nitrogens with zero attached hydrogens (tertiary/aromatic N) is 2. The molecule has 0 spiro atoms. The van der Waals surface area contributed by atoms with Gasteiger partial charge in [-0.15, -0.1) is 0 Å². The number of carbonyl (C=O) groups excluding carboxylic acids is 1. The molecule has 0 saturated carbocycles. The molecule has 0 bridgehead atoms. The highest BCUT2D eigenvalue weighted by Crippen LogP contribution is 2.17. The predicted octanol–water partition coefficient (Wildman–Crippen LogP) is 3.43. The molecule has 0 unspecified atom stereocenters. The summed E-state index contributed by atoms with van der Waals surface area (Å²) in [5, 5.41) is 2.96. The van der Waals surface area contributed by atoms with E-state index in [9.17, 15) is 4.79 Å². The van der Waals surface area contributed by atoms with Crippen molar-refractivity contribution in [1.82, 2.24) is 14.9 Å². The van der Waals surface area contributed by atoms with E-state index in [1.807, 2.05) is 18.2 Å². The third kappa shape index (κ3) is 3.82. The Morgan fingerprint density at radius 2 is 1.92 bits per heavy atom. The van der Waals surface area contributed by atoms with Gasteiger partial charge in [0.1, 0.15) is 11.6 Å². The minimum absolute atomic E-state index is 0.0633. The number of ether oxygens (including phenoxy) is 1. The molecule has 0 aliphatic carbocycles. The Bertz CT molecular complexity index is 853. The summed E-state index contributed by atoms with van der Waals surface area (Å²) in [6, 6.07) is 15.3. The standard InChI is InChI=1S/C20H23N3O2/c1-3-23-18-8-5-4-7-17(18)22-19(23)9-6-14-21-20(24)15-10-12-16(25-2)13-11-15/h4-5,7-8,10-13H,3,6,9,14H2,1-2H3,(H,21,24). The maximum Gasteiger partial charge on any atom is 0.251 e. The summed E-state index contributed by atoms with van der Waals surface area (Å²) in [5.74, 6) is 1.75. The van der Waals surface area contributed by atoms with Crippen molar-refractivity contribution in [3.05, 3.63) is 59.9 Å². The highest BCUT2D eigenvalue weighted by molar-refractivity contribution is 5.94. The fourth-order valence-corrected chi connectivity index (χ4v) is 2.96. The molecule has 0 aliphatic rings. The number of imidazole rings is 1. The Kier molecular flexibility index (Phi) is 5.33. The number of hydrogen-bond acceptors (Lipinski definition) is 3. The van der Waals surface area contributed by atoms with Crippen molar-refractivity contribution >= 4 is 16.9 Å². The average molecular weight is 337 g/mol. The van der Waals surface area contributed by atoms with E-state index < -0.39 is 0 Å². The van der Waals surface area contributed by atoms with Crippen LogP contribution in [0.15, 0.2) is 48.5 Å². The molecule has 0 radical (unpaired) electrons. The Balaban J connectivity index is 1.55. The van der Waals surface area contributed by atoms with Crippen LogP contribution < -0.4 is 10.1 Å². The minimum atomic E-state index is -0.0633. The number of amides is 1. The van der Waals surface area contributed by atoms with Crippen molar-refractivity contribution in [3.63, 3.8) is 0 Å². The van der Waals surface area contributed by atoms with E-state index in [4.69, 9.17) is 9.72 Å². The molecule has 25 heavy (non-hydrogen) atoms. The molecule has 0 atom stereocenters. The van der Waals surface area contributed by atoms with Crippen LogP contribution in [0.2, 0.25) is 0 Å². The van der Waals surface area contributed by atoms with Gasteiger partial charge in [0.15, 0.2) is 0 Å². The maximum absolute atomic E-state index is 12.1. The Morgan fingerprint density at radius 1 is 1.16 bits per heavy atom. The zero-order valence-corrected chi connectivity index (χ0v) is 14.7. The van der Waals surface area contributed by atoms with Gasteiger partial charge >= 0.3 is 0 Å². The van der Waals surface area contributed by atoms with Crippen LogP contribution in [0.25, 0.3) is 11.0 Å². The molecule has 5 heteroatoms. The second-order valence-electron chi connectivity index (χ2n) is 5.85. The van der Waals surface area contributed by atoms with Crippen molar-refractivity contribution in [2.75, 3.05) is 13.7 Å². The first-order valence-corrected chi connectivity index (χ1v) is 8.59. The lowest BCUT2D eigenvalue weighted by Gasteiger charge is -2.08. The van der Waals surface area contributed by atoms with E-state index in [2.05, 4.69) is 22.9 Å². The van der Waals surface area contributed by atoms with Gasteiger partial charge in [-0.05, 0) is 49.7 Å². The zero-order valence-electron chi connectivity index (χ0n) is 14.7.